The molecule has 1 aromatic carbocycles. The first-order chi connectivity index (χ1) is 15.6. The van der Waals surface area contributed by atoms with Crippen LogP contribution in [0.5, 0.6) is 0 Å². The molecule has 9 nitrogen and oxygen atoms in total. The zero-order valence-corrected chi connectivity index (χ0v) is 20.4. The first-order valence-corrected chi connectivity index (χ1v) is 13.7. The number of nitrogens with zero attached hydrogens (tertiary/aromatic N) is 4. The maximum absolute atomic E-state index is 12.6. The standard InChI is InChI=1S/C23H29N5O4Si/c1-23(2,3)33(4,5)32-17-11-16(12-29)31-22(17)28-14-26-18-19(24-13-25-20(18)28)27-21(30)15-9-7-6-8-10-15/h6-11,13-14,17,22,29H,12H2,1-5H3,(H,24,25,27,30)/t17-,22-/m1/s1. The molecule has 3 aromatic rings. The van der Waals surface area contributed by atoms with Crippen LogP contribution in [0.25, 0.3) is 11.2 Å². The van der Waals surface area contributed by atoms with Crippen LogP contribution in [0.15, 0.2) is 54.8 Å². The average Bonchev–Trinajstić information content (AvgIpc) is 3.37. The Morgan fingerprint density at radius 2 is 1.94 bits per heavy atom. The molecule has 0 unspecified atom stereocenters. The number of aliphatic hydroxyl groups excluding tert-OH is 1. The molecule has 0 aliphatic carbocycles. The third-order valence-electron chi connectivity index (χ3n) is 6.20. The summed E-state index contributed by atoms with van der Waals surface area (Å²) in [6, 6.07) is 8.89. The number of fused-ring (bicyclic) bond motifs is 1. The number of aromatic nitrogens is 4. The maximum Gasteiger partial charge on any atom is 0.256 e. The average molecular weight is 468 g/mol. The van der Waals surface area contributed by atoms with Gasteiger partial charge in [0.2, 0.25) is 6.23 Å². The first-order valence-electron chi connectivity index (χ1n) is 10.8. The molecular formula is C23H29N5O4Si. The van der Waals surface area contributed by atoms with Gasteiger partial charge in [0.1, 0.15) is 31.1 Å². The van der Waals surface area contributed by atoms with E-state index in [1.54, 1.807) is 35.2 Å². The fourth-order valence-corrected chi connectivity index (χ4v) is 4.56. The van der Waals surface area contributed by atoms with Crippen LogP contribution in [-0.4, -0.2) is 51.6 Å². The Morgan fingerprint density at radius 3 is 2.61 bits per heavy atom. The highest BCUT2D eigenvalue weighted by molar-refractivity contribution is 6.74. The van der Waals surface area contributed by atoms with Crippen molar-refractivity contribution >= 4 is 31.2 Å². The molecule has 0 bridgehead atoms. The van der Waals surface area contributed by atoms with E-state index in [1.165, 1.54) is 6.33 Å². The van der Waals surface area contributed by atoms with Crippen LogP contribution in [0.4, 0.5) is 5.82 Å². The zero-order chi connectivity index (χ0) is 23.8. The van der Waals surface area contributed by atoms with E-state index in [1.807, 2.05) is 12.1 Å². The molecule has 0 saturated carbocycles. The number of nitrogens with one attached hydrogen (secondary N) is 1. The minimum Gasteiger partial charge on any atom is -0.469 e. The topological polar surface area (TPSA) is 111 Å². The molecular weight excluding hydrogens is 438 g/mol. The molecule has 2 aromatic heterocycles. The van der Waals surface area contributed by atoms with Gasteiger partial charge in [0, 0.05) is 5.56 Å². The van der Waals surface area contributed by atoms with Crippen molar-refractivity contribution in [3.8, 4) is 0 Å². The number of imidazole rings is 1. The quantitative estimate of drug-likeness (QED) is 0.529. The van der Waals surface area contributed by atoms with Crippen LogP contribution < -0.4 is 5.32 Å². The molecule has 1 amide bonds. The van der Waals surface area contributed by atoms with Crippen LogP contribution >= 0.6 is 0 Å². The summed E-state index contributed by atoms with van der Waals surface area (Å²) in [5.74, 6) is 0.464. The van der Waals surface area contributed by atoms with Gasteiger partial charge >= 0.3 is 0 Å². The van der Waals surface area contributed by atoms with E-state index in [0.717, 1.165) is 0 Å². The van der Waals surface area contributed by atoms with E-state index in [9.17, 15) is 9.90 Å². The molecule has 1 aliphatic rings. The number of anilines is 1. The number of rotatable bonds is 6. The second kappa shape index (κ2) is 8.69. The van der Waals surface area contributed by atoms with Crippen molar-refractivity contribution in [3.63, 3.8) is 0 Å². The van der Waals surface area contributed by atoms with E-state index in [4.69, 9.17) is 9.16 Å². The molecule has 10 heteroatoms. The number of hydrogen-bond donors (Lipinski definition) is 2. The van der Waals surface area contributed by atoms with Crippen molar-refractivity contribution in [1.29, 1.82) is 0 Å². The summed E-state index contributed by atoms with van der Waals surface area (Å²) >= 11 is 0. The molecule has 0 radical (unpaired) electrons. The number of aliphatic hydroxyl groups is 1. The lowest BCUT2D eigenvalue weighted by Crippen LogP contribution is -2.45. The molecule has 2 N–H and O–H groups in total. The third kappa shape index (κ3) is 4.54. The van der Waals surface area contributed by atoms with Crippen molar-refractivity contribution in [1.82, 2.24) is 19.5 Å². The summed E-state index contributed by atoms with van der Waals surface area (Å²) in [4.78, 5) is 25.7. The Morgan fingerprint density at radius 1 is 1.21 bits per heavy atom. The van der Waals surface area contributed by atoms with E-state index in [-0.39, 0.29) is 17.6 Å². The zero-order valence-electron chi connectivity index (χ0n) is 19.4. The van der Waals surface area contributed by atoms with Gasteiger partial charge in [0.25, 0.3) is 5.91 Å². The highest BCUT2D eigenvalue weighted by atomic mass is 28.4. The van der Waals surface area contributed by atoms with E-state index in [0.29, 0.717) is 28.3 Å². The SMILES string of the molecule is CC(C)(C)[Si](C)(C)O[C@@H]1C=C(CO)O[C@H]1n1cnc2c(NC(=O)c3ccccc3)ncnc21. The lowest BCUT2D eigenvalue weighted by atomic mass is 10.2. The Kier molecular flexibility index (Phi) is 6.08. The lowest BCUT2D eigenvalue weighted by Gasteiger charge is -2.39. The maximum atomic E-state index is 12.6. The molecule has 4 rings (SSSR count). The Hall–Kier alpha value is -3.08. The van der Waals surface area contributed by atoms with Gasteiger partial charge in [-0.05, 0) is 36.3 Å². The van der Waals surface area contributed by atoms with E-state index in [2.05, 4.69) is 54.1 Å². The van der Waals surface area contributed by atoms with Crippen molar-refractivity contribution in [2.75, 3.05) is 11.9 Å². The lowest BCUT2D eigenvalue weighted by molar-refractivity contribution is -0.0000651. The fraction of sp³-hybridized carbons (Fsp3) is 0.391. The first kappa shape index (κ1) is 23.1. The van der Waals surface area contributed by atoms with Crippen molar-refractivity contribution < 1.29 is 19.1 Å². The van der Waals surface area contributed by atoms with Gasteiger partial charge in [0.15, 0.2) is 25.3 Å². The fourth-order valence-electron chi connectivity index (χ4n) is 3.34. The van der Waals surface area contributed by atoms with Crippen molar-refractivity contribution in [2.24, 2.45) is 0 Å². The number of carbonyl (C=O) groups excluding carboxylic acids is 1. The Balaban J connectivity index is 1.65. The van der Waals surface area contributed by atoms with E-state index >= 15 is 0 Å². The van der Waals surface area contributed by atoms with Crippen LogP contribution in [0.3, 0.4) is 0 Å². The molecule has 174 valence electrons. The van der Waals surface area contributed by atoms with Gasteiger partial charge < -0.3 is 19.6 Å². The van der Waals surface area contributed by atoms with Crippen LogP contribution in [0.2, 0.25) is 18.1 Å². The highest BCUT2D eigenvalue weighted by Crippen LogP contribution is 2.41. The summed E-state index contributed by atoms with van der Waals surface area (Å²) < 4.78 is 14.4. The van der Waals surface area contributed by atoms with Gasteiger partial charge in [-0.3, -0.25) is 9.36 Å². The molecule has 0 fully saturated rings. The monoisotopic (exact) mass is 467 g/mol. The molecule has 3 heterocycles. The predicted molar refractivity (Wildman–Crippen MR) is 127 cm³/mol. The summed E-state index contributed by atoms with van der Waals surface area (Å²) in [7, 11) is -2.13. The number of ether oxygens (including phenoxy) is 1. The minimum atomic E-state index is -2.13. The summed E-state index contributed by atoms with van der Waals surface area (Å²) in [5, 5.41) is 12.5. The number of amides is 1. The van der Waals surface area contributed by atoms with Gasteiger partial charge in [0.05, 0.1) is 0 Å². The number of carbonyl (C=O) groups is 1. The summed E-state index contributed by atoms with van der Waals surface area (Å²) in [6.07, 6.45) is 3.79. The second-order valence-electron chi connectivity index (χ2n) is 9.51. The van der Waals surface area contributed by atoms with Crippen molar-refractivity contribution in [3.05, 3.63) is 60.4 Å². The van der Waals surface area contributed by atoms with Gasteiger partial charge in [-0.2, -0.15) is 0 Å². The Labute approximate surface area is 193 Å². The second-order valence-corrected chi connectivity index (χ2v) is 14.3. The van der Waals surface area contributed by atoms with Crippen LogP contribution in [0.1, 0.15) is 37.4 Å². The number of benzene rings is 1. The molecule has 33 heavy (non-hydrogen) atoms. The third-order valence-corrected chi connectivity index (χ3v) is 10.7. The highest BCUT2D eigenvalue weighted by Gasteiger charge is 2.43. The number of hydrogen-bond acceptors (Lipinski definition) is 7. The predicted octanol–water partition coefficient (Wildman–Crippen LogP) is 3.87. The van der Waals surface area contributed by atoms with Crippen molar-refractivity contribution in [2.45, 2.75) is 51.2 Å². The normalized spacial score (nSPS) is 18.8. The molecule has 0 saturated heterocycles. The molecule has 0 spiro atoms. The van der Waals surface area contributed by atoms with Gasteiger partial charge in [-0.25, -0.2) is 15.0 Å². The summed E-state index contributed by atoms with van der Waals surface area (Å²) in [6.45, 7) is 10.6. The Bertz CT molecular complexity index is 1190. The molecule has 1 aliphatic heterocycles. The smallest absolute Gasteiger partial charge is 0.256 e. The van der Waals surface area contributed by atoms with Crippen LogP contribution in [-0.2, 0) is 9.16 Å². The van der Waals surface area contributed by atoms with E-state index < -0.39 is 20.6 Å². The van der Waals surface area contributed by atoms with Crippen LogP contribution in [0, 0.1) is 0 Å². The van der Waals surface area contributed by atoms with Gasteiger partial charge in [-0.1, -0.05) is 39.0 Å². The van der Waals surface area contributed by atoms with Gasteiger partial charge in [-0.15, -0.1) is 0 Å². The largest absolute Gasteiger partial charge is 0.469 e. The summed E-state index contributed by atoms with van der Waals surface area (Å²) in [5.41, 5.74) is 1.45. The minimum absolute atomic E-state index is 0.00141. The molecule has 2 atom stereocenters.